The van der Waals surface area contributed by atoms with Gasteiger partial charge in [0.2, 0.25) is 0 Å². The Hall–Kier alpha value is -2.49. The number of hydrogen-bond acceptors (Lipinski definition) is 4. The number of hydrogen-bond donors (Lipinski definition) is 2. The molecule has 2 aromatic heterocycles. The highest BCUT2D eigenvalue weighted by atomic mass is 79.9. The smallest absolute Gasteiger partial charge is 0.404 e. The number of aryl methyl sites for hydroxylation is 1. The quantitative estimate of drug-likeness (QED) is 0.813. The maximum absolute atomic E-state index is 12.8. The fourth-order valence-corrected chi connectivity index (χ4v) is 2.33. The van der Waals surface area contributed by atoms with Crippen molar-refractivity contribution in [2.24, 2.45) is 0 Å². The number of aromatic nitrogens is 4. The second kappa shape index (κ2) is 7.18. The number of nitrogens with zero attached hydrogens (tertiary/aromatic N) is 4. The third-order valence-electron chi connectivity index (χ3n) is 2.95. The van der Waals surface area contributed by atoms with Crippen molar-refractivity contribution >= 4 is 22.0 Å². The van der Waals surface area contributed by atoms with Crippen LogP contribution in [0.4, 0.5) is 9.18 Å². The average Bonchev–Trinajstić information content (AvgIpc) is 2.84. The minimum Gasteiger partial charge on any atom is -0.465 e. The standard InChI is InChI=1S/C13H13BrFN5O3/c1-8-2-10(14)5-16-11(8)19-7-18-20(13(19)23)6-9(3-15)4-17-12(21)22/h2-3,5,7,17H,4,6H2,1H3,(H,21,22)/b9-3+. The normalized spacial score (nSPS) is 11.5. The lowest BCUT2D eigenvalue weighted by atomic mass is 10.3. The molecule has 0 unspecified atom stereocenters. The Labute approximate surface area is 138 Å². The van der Waals surface area contributed by atoms with Gasteiger partial charge in [0.05, 0.1) is 12.9 Å². The first-order valence-corrected chi connectivity index (χ1v) is 7.23. The summed E-state index contributed by atoms with van der Waals surface area (Å²) < 4.78 is 15.8. The molecule has 8 nitrogen and oxygen atoms in total. The van der Waals surface area contributed by atoms with Gasteiger partial charge in [-0.1, -0.05) is 0 Å². The molecule has 0 aliphatic heterocycles. The molecule has 0 aliphatic carbocycles. The molecule has 1 amide bonds. The molecule has 2 heterocycles. The van der Waals surface area contributed by atoms with Crippen LogP contribution in [0.2, 0.25) is 0 Å². The molecule has 0 aromatic carbocycles. The van der Waals surface area contributed by atoms with E-state index in [1.165, 1.54) is 10.9 Å². The Morgan fingerprint density at radius 3 is 2.91 bits per heavy atom. The van der Waals surface area contributed by atoms with Gasteiger partial charge in [-0.25, -0.2) is 28.2 Å². The molecule has 0 saturated heterocycles. The molecule has 2 aromatic rings. The Bertz CT molecular complexity index is 814. The van der Waals surface area contributed by atoms with Crippen LogP contribution in [0.15, 0.2) is 39.8 Å². The van der Waals surface area contributed by atoms with Gasteiger partial charge < -0.3 is 10.4 Å². The highest BCUT2D eigenvalue weighted by molar-refractivity contribution is 9.10. The van der Waals surface area contributed by atoms with Crippen LogP contribution in [-0.4, -0.2) is 37.1 Å². The van der Waals surface area contributed by atoms with Crippen molar-refractivity contribution in [3.63, 3.8) is 0 Å². The molecule has 2 rings (SSSR count). The summed E-state index contributed by atoms with van der Waals surface area (Å²) in [6.07, 6.45) is 1.81. The molecule has 0 fully saturated rings. The van der Waals surface area contributed by atoms with E-state index in [0.717, 1.165) is 14.7 Å². The summed E-state index contributed by atoms with van der Waals surface area (Å²) >= 11 is 3.29. The fraction of sp³-hybridized carbons (Fsp3) is 0.231. The molecule has 0 spiro atoms. The van der Waals surface area contributed by atoms with Crippen LogP contribution in [0.1, 0.15) is 5.56 Å². The maximum atomic E-state index is 12.8. The van der Waals surface area contributed by atoms with Gasteiger partial charge in [-0.2, -0.15) is 5.10 Å². The molecular weight excluding hydrogens is 373 g/mol. The van der Waals surface area contributed by atoms with Crippen LogP contribution in [0.3, 0.4) is 0 Å². The van der Waals surface area contributed by atoms with Crippen molar-refractivity contribution in [3.05, 3.63) is 51.0 Å². The van der Waals surface area contributed by atoms with E-state index >= 15 is 0 Å². The summed E-state index contributed by atoms with van der Waals surface area (Å²) in [5, 5.41) is 14.5. The highest BCUT2D eigenvalue weighted by Crippen LogP contribution is 2.14. The second-order valence-corrected chi connectivity index (χ2v) is 5.58. The molecule has 122 valence electrons. The van der Waals surface area contributed by atoms with Crippen LogP contribution in [0.25, 0.3) is 5.82 Å². The number of halogens is 2. The Morgan fingerprint density at radius 1 is 1.57 bits per heavy atom. The van der Waals surface area contributed by atoms with E-state index in [1.807, 2.05) is 5.32 Å². The van der Waals surface area contributed by atoms with Crippen LogP contribution in [0, 0.1) is 6.92 Å². The Balaban J connectivity index is 2.25. The van der Waals surface area contributed by atoms with Gasteiger partial charge in [-0.3, -0.25) is 0 Å². The maximum Gasteiger partial charge on any atom is 0.404 e. The van der Waals surface area contributed by atoms with Crippen molar-refractivity contribution in [2.75, 3.05) is 6.54 Å². The third-order valence-corrected chi connectivity index (χ3v) is 3.39. The van der Waals surface area contributed by atoms with Gasteiger partial charge >= 0.3 is 11.8 Å². The summed E-state index contributed by atoms with van der Waals surface area (Å²) in [6, 6.07) is 1.80. The van der Waals surface area contributed by atoms with E-state index in [9.17, 15) is 14.0 Å². The van der Waals surface area contributed by atoms with Gasteiger partial charge in [0.1, 0.15) is 12.1 Å². The van der Waals surface area contributed by atoms with Gasteiger partial charge in [0.25, 0.3) is 0 Å². The van der Waals surface area contributed by atoms with E-state index in [0.29, 0.717) is 5.82 Å². The average molecular weight is 386 g/mol. The number of rotatable bonds is 5. The van der Waals surface area contributed by atoms with E-state index < -0.39 is 11.8 Å². The molecule has 0 atom stereocenters. The molecule has 10 heteroatoms. The van der Waals surface area contributed by atoms with E-state index in [-0.39, 0.29) is 25.0 Å². The van der Waals surface area contributed by atoms with Crippen molar-refractivity contribution in [1.82, 2.24) is 24.6 Å². The molecule has 23 heavy (non-hydrogen) atoms. The van der Waals surface area contributed by atoms with Gasteiger partial charge in [-0.05, 0) is 40.1 Å². The summed E-state index contributed by atoms with van der Waals surface area (Å²) in [7, 11) is 0. The summed E-state index contributed by atoms with van der Waals surface area (Å²) in [5.74, 6) is 0.416. The minimum atomic E-state index is -1.28. The first-order valence-electron chi connectivity index (χ1n) is 6.44. The molecule has 0 aliphatic rings. The van der Waals surface area contributed by atoms with Crippen molar-refractivity contribution in [2.45, 2.75) is 13.5 Å². The molecule has 0 radical (unpaired) electrons. The SMILES string of the molecule is Cc1cc(Br)cnc1-n1cnn(C/C(=C/F)CNC(=O)O)c1=O. The van der Waals surface area contributed by atoms with Crippen LogP contribution >= 0.6 is 15.9 Å². The summed E-state index contributed by atoms with van der Waals surface area (Å²) in [4.78, 5) is 26.9. The number of nitrogens with one attached hydrogen (secondary N) is 1. The van der Waals surface area contributed by atoms with Gasteiger partial charge in [0.15, 0.2) is 0 Å². The first-order chi connectivity index (χ1) is 10.9. The van der Waals surface area contributed by atoms with E-state index in [2.05, 4.69) is 26.0 Å². The topological polar surface area (TPSA) is 102 Å². The van der Waals surface area contributed by atoms with Gasteiger partial charge in [0, 0.05) is 17.2 Å². The van der Waals surface area contributed by atoms with Crippen molar-refractivity contribution < 1.29 is 14.3 Å². The number of pyridine rings is 1. The lowest BCUT2D eigenvalue weighted by Gasteiger charge is -2.06. The lowest BCUT2D eigenvalue weighted by Crippen LogP contribution is -2.29. The first kappa shape index (κ1) is 16.9. The molecular formula is C13H13BrFN5O3. The summed E-state index contributed by atoms with van der Waals surface area (Å²) in [6.45, 7) is 1.39. The monoisotopic (exact) mass is 385 g/mol. The van der Waals surface area contributed by atoms with Crippen molar-refractivity contribution in [3.8, 4) is 5.82 Å². The van der Waals surface area contributed by atoms with Crippen LogP contribution < -0.4 is 11.0 Å². The number of amides is 1. The van der Waals surface area contributed by atoms with Gasteiger partial charge in [-0.15, -0.1) is 0 Å². The van der Waals surface area contributed by atoms with E-state index in [4.69, 9.17) is 5.11 Å². The van der Waals surface area contributed by atoms with Crippen LogP contribution in [-0.2, 0) is 6.54 Å². The zero-order valence-corrected chi connectivity index (χ0v) is 13.6. The zero-order valence-electron chi connectivity index (χ0n) is 12.0. The predicted octanol–water partition coefficient (Wildman–Crippen LogP) is 1.62. The highest BCUT2D eigenvalue weighted by Gasteiger charge is 2.12. The zero-order chi connectivity index (χ0) is 17.0. The lowest BCUT2D eigenvalue weighted by molar-refractivity contribution is 0.195. The van der Waals surface area contributed by atoms with E-state index in [1.54, 1.807) is 19.2 Å². The second-order valence-electron chi connectivity index (χ2n) is 4.66. The molecule has 2 N–H and O–H groups in total. The van der Waals surface area contributed by atoms with Crippen LogP contribution in [0.5, 0.6) is 0 Å². The fourth-order valence-electron chi connectivity index (χ4n) is 1.89. The Kier molecular flexibility index (Phi) is 5.27. The molecule has 0 bridgehead atoms. The number of carbonyl (C=O) groups is 1. The number of carboxylic acid groups (broad SMARTS) is 1. The molecule has 0 saturated carbocycles. The largest absolute Gasteiger partial charge is 0.465 e. The predicted molar refractivity (Wildman–Crippen MR) is 83.3 cm³/mol. The third kappa shape index (κ3) is 4.03. The Morgan fingerprint density at radius 2 is 2.30 bits per heavy atom. The van der Waals surface area contributed by atoms with Crippen molar-refractivity contribution in [1.29, 1.82) is 0 Å². The minimum absolute atomic E-state index is 0.0697. The summed E-state index contributed by atoms with van der Waals surface area (Å²) in [5.41, 5.74) is 0.327.